The average Bonchev–Trinajstić information content (AvgIpc) is 3.58. The maximum absolute atomic E-state index is 13.7. The van der Waals surface area contributed by atoms with Gasteiger partial charge in [0.25, 0.3) is 5.91 Å². The van der Waals surface area contributed by atoms with Gasteiger partial charge in [0.2, 0.25) is 11.8 Å². The molecule has 1 heterocycles. The van der Waals surface area contributed by atoms with Gasteiger partial charge in [0, 0.05) is 10.6 Å². The number of hydrogen-bond acceptors (Lipinski definition) is 3. The Labute approximate surface area is 198 Å². The van der Waals surface area contributed by atoms with Gasteiger partial charge in [0.15, 0.2) is 0 Å². The van der Waals surface area contributed by atoms with E-state index in [9.17, 15) is 14.4 Å². The van der Waals surface area contributed by atoms with Gasteiger partial charge >= 0.3 is 0 Å². The number of benzene rings is 2. The van der Waals surface area contributed by atoms with Crippen molar-refractivity contribution in [2.75, 3.05) is 11.6 Å². The Morgan fingerprint density at radius 3 is 2.03 bits per heavy atom. The minimum Gasteiger partial charge on any atom is -0.289 e. The van der Waals surface area contributed by atoms with Gasteiger partial charge < -0.3 is 0 Å². The molecule has 33 heavy (non-hydrogen) atoms. The summed E-state index contributed by atoms with van der Waals surface area (Å²) in [5, 5.41) is 0.542. The van der Waals surface area contributed by atoms with Crippen LogP contribution >= 0.6 is 11.6 Å². The van der Waals surface area contributed by atoms with Crippen LogP contribution in [0.5, 0.6) is 0 Å². The first-order chi connectivity index (χ1) is 15.9. The van der Waals surface area contributed by atoms with E-state index in [0.717, 1.165) is 23.2 Å². The van der Waals surface area contributed by atoms with Gasteiger partial charge in [-0.25, -0.2) is 0 Å². The van der Waals surface area contributed by atoms with Gasteiger partial charge in [0.05, 0.1) is 17.5 Å². The molecular formula is C27H25ClN2O3. The summed E-state index contributed by atoms with van der Waals surface area (Å²) in [4.78, 5) is 43.7. The molecule has 4 aliphatic carbocycles. The topological polar surface area (TPSA) is 57.7 Å². The van der Waals surface area contributed by atoms with Crippen LogP contribution in [-0.4, -0.2) is 29.3 Å². The van der Waals surface area contributed by atoms with Gasteiger partial charge in [-0.2, -0.15) is 0 Å². The van der Waals surface area contributed by atoms with Crippen molar-refractivity contribution < 1.29 is 14.4 Å². The smallest absolute Gasteiger partial charge is 0.259 e. The van der Waals surface area contributed by atoms with E-state index in [1.54, 1.807) is 29.2 Å². The van der Waals surface area contributed by atoms with Gasteiger partial charge in [0.1, 0.15) is 6.67 Å². The molecule has 0 radical (unpaired) electrons. The van der Waals surface area contributed by atoms with Crippen LogP contribution in [0.4, 0.5) is 5.69 Å². The molecule has 1 saturated heterocycles. The van der Waals surface area contributed by atoms with E-state index in [1.807, 2.05) is 32.0 Å². The second kappa shape index (κ2) is 7.29. The van der Waals surface area contributed by atoms with E-state index in [0.29, 0.717) is 22.4 Å². The number of halogens is 1. The number of aryl methyl sites for hydroxylation is 2. The minimum absolute atomic E-state index is 0.0768. The number of carbonyl (C=O) groups is 3. The number of likely N-dealkylation sites (tertiary alicyclic amines) is 1. The molecule has 168 valence electrons. The van der Waals surface area contributed by atoms with E-state index in [1.165, 1.54) is 4.90 Å². The third-order valence-electron chi connectivity index (χ3n) is 8.08. The molecule has 2 saturated carbocycles. The first kappa shape index (κ1) is 20.7. The highest BCUT2D eigenvalue weighted by atomic mass is 35.5. The molecule has 6 atom stereocenters. The number of rotatable bonds is 4. The van der Waals surface area contributed by atoms with Crippen LogP contribution in [0.2, 0.25) is 5.02 Å². The van der Waals surface area contributed by atoms with Crippen molar-refractivity contribution in [1.82, 2.24) is 4.90 Å². The Hall–Kier alpha value is -2.92. The average molecular weight is 461 g/mol. The first-order valence-electron chi connectivity index (χ1n) is 11.5. The molecule has 6 unspecified atom stereocenters. The van der Waals surface area contributed by atoms with Gasteiger partial charge in [-0.05, 0) is 79.3 Å². The Morgan fingerprint density at radius 2 is 1.48 bits per heavy atom. The zero-order valence-electron chi connectivity index (χ0n) is 18.6. The van der Waals surface area contributed by atoms with Crippen molar-refractivity contribution in [2.24, 2.45) is 35.5 Å². The van der Waals surface area contributed by atoms with Crippen LogP contribution in [0.25, 0.3) is 0 Å². The summed E-state index contributed by atoms with van der Waals surface area (Å²) in [7, 11) is 0. The third-order valence-corrected chi connectivity index (χ3v) is 8.33. The van der Waals surface area contributed by atoms with E-state index in [4.69, 9.17) is 11.6 Å². The summed E-state index contributed by atoms with van der Waals surface area (Å²) in [6.07, 6.45) is 5.45. The van der Waals surface area contributed by atoms with Crippen LogP contribution in [0.15, 0.2) is 54.6 Å². The van der Waals surface area contributed by atoms with Crippen LogP contribution in [-0.2, 0) is 9.59 Å². The molecule has 6 heteroatoms. The monoisotopic (exact) mass is 460 g/mol. The quantitative estimate of drug-likeness (QED) is 0.494. The number of hydrogen-bond donors (Lipinski definition) is 0. The number of anilines is 1. The summed E-state index contributed by atoms with van der Waals surface area (Å²) < 4.78 is 0. The van der Waals surface area contributed by atoms with E-state index in [2.05, 4.69) is 12.2 Å². The number of allylic oxidation sites excluding steroid dienone is 2. The molecule has 0 N–H and O–H groups in total. The van der Waals surface area contributed by atoms with E-state index in [-0.39, 0.29) is 48.1 Å². The molecule has 1 aliphatic heterocycles. The molecule has 3 amide bonds. The fraction of sp³-hybridized carbons (Fsp3) is 0.370. The van der Waals surface area contributed by atoms with Crippen molar-refractivity contribution in [3.05, 3.63) is 76.3 Å². The van der Waals surface area contributed by atoms with Gasteiger partial charge in [-0.1, -0.05) is 42.0 Å². The molecule has 5 nitrogen and oxygen atoms in total. The second-order valence-electron chi connectivity index (χ2n) is 9.88. The van der Waals surface area contributed by atoms with Crippen LogP contribution in [0.1, 0.15) is 27.9 Å². The summed E-state index contributed by atoms with van der Waals surface area (Å²) >= 11 is 6.03. The summed E-state index contributed by atoms with van der Waals surface area (Å²) in [5.74, 6) is 0.336. The maximum Gasteiger partial charge on any atom is 0.259 e. The molecule has 2 aromatic carbocycles. The number of para-hydroxylation sites is 1. The Balaban J connectivity index is 1.38. The normalized spacial score (nSPS) is 30.9. The number of imide groups is 1. The standard InChI is InChI=1S/C27H25ClN2O3/c1-14-4-3-5-15(2)24(14)29(25(31)16-6-8-17(28)9-7-16)13-30-26(32)22-18-10-11-19(21-12-20(18)21)23(22)27(30)33/h3-11,18-23H,12-13H2,1-2H3. The lowest BCUT2D eigenvalue weighted by molar-refractivity contribution is -0.140. The molecule has 0 spiro atoms. The van der Waals surface area contributed by atoms with Crippen molar-refractivity contribution in [1.29, 1.82) is 0 Å². The Kier molecular flexibility index (Phi) is 4.57. The van der Waals surface area contributed by atoms with Crippen molar-refractivity contribution in [2.45, 2.75) is 20.3 Å². The summed E-state index contributed by atoms with van der Waals surface area (Å²) in [5.41, 5.74) is 3.02. The van der Waals surface area contributed by atoms with E-state index >= 15 is 0 Å². The Bertz CT molecular complexity index is 1160. The minimum atomic E-state index is -0.276. The largest absolute Gasteiger partial charge is 0.289 e. The zero-order chi connectivity index (χ0) is 23.0. The lowest BCUT2D eigenvalue weighted by Gasteiger charge is -2.37. The van der Waals surface area contributed by atoms with Crippen LogP contribution < -0.4 is 4.90 Å². The molecule has 2 bridgehead atoms. The molecular weight excluding hydrogens is 436 g/mol. The van der Waals surface area contributed by atoms with Crippen molar-refractivity contribution in [3.8, 4) is 0 Å². The maximum atomic E-state index is 13.7. The molecule has 7 rings (SSSR count). The Morgan fingerprint density at radius 1 is 0.939 bits per heavy atom. The van der Waals surface area contributed by atoms with Crippen molar-refractivity contribution >= 4 is 35.0 Å². The van der Waals surface area contributed by atoms with Gasteiger partial charge in [-0.15, -0.1) is 0 Å². The molecule has 3 fully saturated rings. The lowest BCUT2D eigenvalue weighted by Crippen LogP contribution is -2.45. The molecule has 0 aromatic heterocycles. The predicted molar refractivity (Wildman–Crippen MR) is 126 cm³/mol. The fourth-order valence-electron chi connectivity index (χ4n) is 6.52. The SMILES string of the molecule is Cc1cccc(C)c1N(CN1C(=O)C2C3C=CC(C4CC34)C2C1=O)C(=O)c1ccc(Cl)cc1. The number of amides is 3. The fourth-order valence-corrected chi connectivity index (χ4v) is 6.64. The first-order valence-corrected chi connectivity index (χ1v) is 11.9. The summed E-state index contributed by atoms with van der Waals surface area (Å²) in [6, 6.07) is 12.5. The predicted octanol–water partition coefficient (Wildman–Crippen LogP) is 4.61. The highest BCUT2D eigenvalue weighted by Gasteiger charge is 2.67. The number of carbonyl (C=O) groups excluding carboxylic acids is 3. The molecule has 5 aliphatic rings. The number of nitrogens with zero attached hydrogens (tertiary/aromatic N) is 2. The second-order valence-corrected chi connectivity index (χ2v) is 10.3. The van der Waals surface area contributed by atoms with Gasteiger partial charge in [-0.3, -0.25) is 24.2 Å². The van der Waals surface area contributed by atoms with Crippen LogP contribution in [0, 0.1) is 49.4 Å². The highest BCUT2D eigenvalue weighted by molar-refractivity contribution is 6.30. The zero-order valence-corrected chi connectivity index (χ0v) is 19.3. The van der Waals surface area contributed by atoms with Crippen LogP contribution in [0.3, 0.4) is 0 Å². The lowest BCUT2D eigenvalue weighted by atomic mass is 9.63. The summed E-state index contributed by atoms with van der Waals surface area (Å²) in [6.45, 7) is 3.80. The third kappa shape index (κ3) is 3.02. The van der Waals surface area contributed by atoms with E-state index < -0.39 is 0 Å². The molecule has 2 aromatic rings. The van der Waals surface area contributed by atoms with Crippen molar-refractivity contribution in [3.63, 3.8) is 0 Å². The highest BCUT2D eigenvalue weighted by Crippen LogP contribution is 2.65.